The first kappa shape index (κ1) is 20.4. The number of piperazine rings is 1. The molecule has 2 aliphatic heterocycles. The quantitative estimate of drug-likeness (QED) is 0.760. The van der Waals surface area contributed by atoms with Crippen molar-refractivity contribution in [2.24, 2.45) is 11.8 Å². The zero-order chi connectivity index (χ0) is 20.2. The summed E-state index contributed by atoms with van der Waals surface area (Å²) in [5, 5.41) is 4.41. The molecule has 3 aliphatic rings. The van der Waals surface area contributed by atoms with Gasteiger partial charge < -0.3 is 9.80 Å². The third kappa shape index (κ3) is 4.51. The highest BCUT2D eigenvalue weighted by atomic mass is 16.2. The Kier molecular flexibility index (Phi) is 6.56. The van der Waals surface area contributed by atoms with Gasteiger partial charge in [-0.25, -0.2) is 0 Å². The van der Waals surface area contributed by atoms with Crippen LogP contribution in [0.3, 0.4) is 0 Å². The number of rotatable bonds is 5. The van der Waals surface area contributed by atoms with E-state index in [4.69, 9.17) is 0 Å². The van der Waals surface area contributed by atoms with Gasteiger partial charge in [-0.1, -0.05) is 26.2 Å². The number of amides is 2. The Morgan fingerprint density at radius 1 is 1.00 bits per heavy atom. The molecule has 0 spiro atoms. The van der Waals surface area contributed by atoms with Crippen molar-refractivity contribution in [1.29, 1.82) is 0 Å². The summed E-state index contributed by atoms with van der Waals surface area (Å²) >= 11 is 0. The van der Waals surface area contributed by atoms with Crippen molar-refractivity contribution in [3.63, 3.8) is 0 Å². The summed E-state index contributed by atoms with van der Waals surface area (Å²) < 4.78 is 1.99. The van der Waals surface area contributed by atoms with Crippen LogP contribution in [-0.2, 0) is 17.8 Å². The fourth-order valence-corrected chi connectivity index (χ4v) is 5.35. The molecular weight excluding hydrogens is 364 g/mol. The number of hydrogen-bond acceptors (Lipinski definition) is 3. The van der Waals surface area contributed by atoms with Crippen LogP contribution < -0.4 is 0 Å². The first-order chi connectivity index (χ1) is 14.2. The molecule has 29 heavy (non-hydrogen) atoms. The van der Waals surface area contributed by atoms with E-state index in [1.807, 2.05) is 14.5 Å². The van der Waals surface area contributed by atoms with E-state index in [1.165, 1.54) is 32.1 Å². The zero-order valence-electron chi connectivity index (χ0n) is 17.9. The van der Waals surface area contributed by atoms with E-state index < -0.39 is 0 Å². The van der Waals surface area contributed by atoms with Crippen LogP contribution in [0.15, 0.2) is 6.20 Å². The Labute approximate surface area is 174 Å². The van der Waals surface area contributed by atoms with Crippen LogP contribution in [0.25, 0.3) is 0 Å². The van der Waals surface area contributed by atoms with Gasteiger partial charge in [0.05, 0.1) is 17.5 Å². The number of carbonyl (C=O) groups is 2. The summed E-state index contributed by atoms with van der Waals surface area (Å²) in [6.45, 7) is 5.79. The summed E-state index contributed by atoms with van der Waals surface area (Å²) in [4.78, 5) is 29.9. The Balaban J connectivity index is 1.27. The highest BCUT2D eigenvalue weighted by molar-refractivity contribution is 5.95. The highest BCUT2D eigenvalue weighted by Gasteiger charge is 2.32. The van der Waals surface area contributed by atoms with E-state index in [0.717, 1.165) is 55.8 Å². The van der Waals surface area contributed by atoms with Crippen molar-refractivity contribution in [3.8, 4) is 0 Å². The summed E-state index contributed by atoms with van der Waals surface area (Å²) in [6.07, 6.45) is 13.4. The van der Waals surface area contributed by atoms with E-state index >= 15 is 0 Å². The number of unbranched alkanes of at least 4 members (excludes halogenated alkanes) is 1. The van der Waals surface area contributed by atoms with Gasteiger partial charge in [-0.15, -0.1) is 0 Å². The molecule has 3 heterocycles. The van der Waals surface area contributed by atoms with Crippen LogP contribution in [0.2, 0.25) is 0 Å². The van der Waals surface area contributed by atoms with Gasteiger partial charge in [-0.05, 0) is 50.9 Å². The van der Waals surface area contributed by atoms with Gasteiger partial charge in [0, 0.05) is 38.6 Å². The molecule has 1 aliphatic carbocycles. The number of fused-ring (bicyclic) bond motifs is 1. The van der Waals surface area contributed by atoms with E-state index in [2.05, 4.69) is 12.0 Å². The van der Waals surface area contributed by atoms with Crippen LogP contribution in [0, 0.1) is 11.8 Å². The molecule has 1 aromatic heterocycles. The highest BCUT2D eigenvalue weighted by Crippen LogP contribution is 2.33. The fourth-order valence-electron chi connectivity index (χ4n) is 5.35. The van der Waals surface area contributed by atoms with Gasteiger partial charge in [0.25, 0.3) is 5.91 Å². The summed E-state index contributed by atoms with van der Waals surface area (Å²) in [7, 11) is 0. The molecule has 6 heteroatoms. The van der Waals surface area contributed by atoms with Crippen LogP contribution >= 0.6 is 0 Å². The Bertz CT molecular complexity index is 712. The summed E-state index contributed by atoms with van der Waals surface area (Å²) in [6, 6.07) is 0. The topological polar surface area (TPSA) is 58.4 Å². The molecule has 1 saturated heterocycles. The van der Waals surface area contributed by atoms with Crippen molar-refractivity contribution in [2.75, 3.05) is 26.2 Å². The van der Waals surface area contributed by atoms with E-state index in [9.17, 15) is 9.59 Å². The smallest absolute Gasteiger partial charge is 0.257 e. The molecule has 6 nitrogen and oxygen atoms in total. The SMILES string of the molecule is CCCCC1CCC(C(=O)N2CCN(C(=O)c3cnn4c3CCCC4)CC2)CC1. The van der Waals surface area contributed by atoms with Gasteiger partial charge >= 0.3 is 0 Å². The maximum Gasteiger partial charge on any atom is 0.257 e. The van der Waals surface area contributed by atoms with E-state index in [1.54, 1.807) is 6.20 Å². The molecular formula is C23H36N4O2. The number of carbonyl (C=O) groups excluding carboxylic acids is 2. The lowest BCUT2D eigenvalue weighted by atomic mass is 9.79. The van der Waals surface area contributed by atoms with Gasteiger partial charge in [0.2, 0.25) is 5.91 Å². The lowest BCUT2D eigenvalue weighted by Crippen LogP contribution is -2.52. The Hall–Kier alpha value is -1.85. The maximum absolute atomic E-state index is 13.0. The minimum atomic E-state index is 0.0941. The Morgan fingerprint density at radius 2 is 1.72 bits per heavy atom. The maximum atomic E-state index is 13.0. The largest absolute Gasteiger partial charge is 0.339 e. The van der Waals surface area contributed by atoms with Crippen LogP contribution in [-0.4, -0.2) is 57.6 Å². The van der Waals surface area contributed by atoms with Crippen molar-refractivity contribution in [3.05, 3.63) is 17.5 Å². The average molecular weight is 401 g/mol. The Morgan fingerprint density at radius 3 is 2.45 bits per heavy atom. The molecule has 0 N–H and O–H groups in total. The van der Waals surface area contributed by atoms with Crippen LogP contribution in [0.1, 0.15) is 80.8 Å². The molecule has 0 aromatic carbocycles. The van der Waals surface area contributed by atoms with E-state index in [-0.39, 0.29) is 11.8 Å². The van der Waals surface area contributed by atoms with Crippen molar-refractivity contribution >= 4 is 11.8 Å². The molecule has 2 amide bonds. The summed E-state index contributed by atoms with van der Waals surface area (Å²) in [5.74, 6) is 1.46. The van der Waals surface area contributed by atoms with Gasteiger partial charge in [0.1, 0.15) is 0 Å². The van der Waals surface area contributed by atoms with E-state index in [0.29, 0.717) is 32.1 Å². The number of aryl methyl sites for hydroxylation is 1. The molecule has 0 bridgehead atoms. The first-order valence-electron chi connectivity index (χ1n) is 11.8. The predicted molar refractivity (Wildman–Crippen MR) is 113 cm³/mol. The molecule has 2 fully saturated rings. The van der Waals surface area contributed by atoms with Crippen LogP contribution in [0.5, 0.6) is 0 Å². The number of hydrogen-bond donors (Lipinski definition) is 0. The second-order valence-corrected chi connectivity index (χ2v) is 9.16. The standard InChI is InChI=1S/C23H36N4O2/c1-2-3-6-18-8-10-19(11-9-18)22(28)25-13-15-26(16-14-25)23(29)20-17-24-27-12-5-4-7-21(20)27/h17-19H,2-16H2,1H3. The second kappa shape index (κ2) is 9.31. The molecule has 160 valence electrons. The third-order valence-electron chi connectivity index (χ3n) is 7.25. The normalized spacial score (nSPS) is 25.0. The van der Waals surface area contributed by atoms with Crippen molar-refractivity contribution < 1.29 is 9.59 Å². The van der Waals surface area contributed by atoms with Gasteiger partial charge in [-0.3, -0.25) is 14.3 Å². The first-order valence-corrected chi connectivity index (χ1v) is 11.8. The molecule has 0 atom stereocenters. The molecule has 0 radical (unpaired) electrons. The minimum absolute atomic E-state index is 0.0941. The van der Waals surface area contributed by atoms with Crippen LogP contribution in [0.4, 0.5) is 0 Å². The lowest BCUT2D eigenvalue weighted by Gasteiger charge is -2.38. The second-order valence-electron chi connectivity index (χ2n) is 9.16. The van der Waals surface area contributed by atoms with Crippen molar-refractivity contribution in [1.82, 2.24) is 19.6 Å². The summed E-state index contributed by atoms with van der Waals surface area (Å²) in [5.41, 5.74) is 1.87. The predicted octanol–water partition coefficient (Wildman–Crippen LogP) is 3.50. The lowest BCUT2D eigenvalue weighted by molar-refractivity contribution is -0.138. The molecule has 0 unspecified atom stereocenters. The monoisotopic (exact) mass is 400 g/mol. The fraction of sp³-hybridized carbons (Fsp3) is 0.783. The average Bonchev–Trinajstić information content (AvgIpc) is 3.21. The molecule has 1 aromatic rings. The van der Waals surface area contributed by atoms with Gasteiger partial charge in [0.15, 0.2) is 0 Å². The zero-order valence-corrected chi connectivity index (χ0v) is 17.9. The van der Waals surface area contributed by atoms with Gasteiger partial charge in [-0.2, -0.15) is 5.10 Å². The third-order valence-corrected chi connectivity index (χ3v) is 7.25. The molecule has 1 saturated carbocycles. The number of aromatic nitrogens is 2. The van der Waals surface area contributed by atoms with Crippen molar-refractivity contribution in [2.45, 2.75) is 77.7 Å². The molecule has 4 rings (SSSR count). The number of nitrogens with zero attached hydrogens (tertiary/aromatic N) is 4. The minimum Gasteiger partial charge on any atom is -0.339 e.